The zero-order chi connectivity index (χ0) is 18.9. The molecule has 4 nitrogen and oxygen atoms in total. The second kappa shape index (κ2) is 15.8. The van der Waals surface area contributed by atoms with Crippen molar-refractivity contribution < 1.29 is 15.7 Å². The molecule has 1 atom stereocenters. The van der Waals surface area contributed by atoms with E-state index in [0.29, 0.717) is 25.9 Å². The first-order valence-electron chi connectivity index (χ1n) is 9.10. The molecule has 0 amide bonds. The number of nitrogens with one attached hydrogen (secondary N) is 1. The summed E-state index contributed by atoms with van der Waals surface area (Å²) in [6.07, 6.45) is 0.770. The van der Waals surface area contributed by atoms with Crippen LogP contribution < -0.4 is 5.32 Å². The van der Waals surface area contributed by atoms with E-state index in [9.17, 15) is 4.79 Å². The Morgan fingerprint density at radius 2 is 1.84 bits per heavy atom. The van der Waals surface area contributed by atoms with Gasteiger partial charge in [-0.2, -0.15) is 0 Å². The number of ketones is 1. The normalized spacial score (nSPS) is 10.9. The molecule has 0 saturated carbocycles. The lowest BCUT2D eigenvalue weighted by molar-refractivity contribution is -0.121. The number of carbonyl (C=O) groups is 1. The molecular weight excluding hydrogens is 314 g/mol. The first-order valence-corrected chi connectivity index (χ1v) is 9.10. The van der Waals surface area contributed by atoms with E-state index in [0.717, 1.165) is 18.5 Å². The summed E-state index contributed by atoms with van der Waals surface area (Å²) in [6, 6.07) is 8.63. The molecule has 0 aromatic heterocycles. The van der Waals surface area contributed by atoms with Gasteiger partial charge >= 0.3 is 0 Å². The molecule has 1 aromatic carbocycles. The average Bonchev–Trinajstić information content (AvgIpc) is 2.62. The lowest BCUT2D eigenvalue weighted by Crippen LogP contribution is -2.17. The summed E-state index contributed by atoms with van der Waals surface area (Å²) >= 11 is 0. The quantitative estimate of drug-likeness (QED) is 0.512. The first kappa shape index (κ1) is 23.3. The Morgan fingerprint density at radius 1 is 1.20 bits per heavy atom. The van der Waals surface area contributed by atoms with E-state index in [-0.39, 0.29) is 13.8 Å². The molecule has 0 fully saturated rings. The van der Waals surface area contributed by atoms with Crippen LogP contribution in [0.4, 0.5) is 0 Å². The van der Waals surface area contributed by atoms with Gasteiger partial charge in [-0.3, -0.25) is 4.79 Å². The van der Waals surface area contributed by atoms with Gasteiger partial charge in [-0.25, -0.2) is 0 Å². The third kappa shape index (κ3) is 12.4. The number of benzene rings is 1. The number of rotatable bonds is 10. The van der Waals surface area contributed by atoms with Gasteiger partial charge in [0, 0.05) is 19.6 Å². The van der Waals surface area contributed by atoms with Crippen molar-refractivity contribution in [3.8, 4) is 11.8 Å². The molecule has 4 heteroatoms. The number of Topliss-reactive ketones (excluding diaryl/α,β-unsaturated/α-hetero) is 1. The highest BCUT2D eigenvalue weighted by atomic mass is 16.5. The zero-order valence-corrected chi connectivity index (χ0v) is 16.4. The standard InChI is InChI=1S/C19H27NO3.C2H6.H2/c1-4-20-17(3)19-10-8-18(9-11-19)7-5-12-22-13-6-14-23-15-16(2)21;1-2;/h8-11,17,20H,4,6,12-15H2,1-3H3;1-2H3;1H/t17-;;/m0../s1. The van der Waals surface area contributed by atoms with Crippen LogP contribution in [-0.2, 0) is 14.3 Å². The number of carbonyl (C=O) groups excluding carboxylic acids is 1. The Bertz CT molecular complexity index is 520. The number of hydrogen-bond acceptors (Lipinski definition) is 4. The average molecular weight is 350 g/mol. The van der Waals surface area contributed by atoms with Crippen LogP contribution in [-0.4, -0.2) is 38.8 Å². The molecule has 1 aromatic rings. The Hall–Kier alpha value is -1.67. The van der Waals surface area contributed by atoms with Crippen LogP contribution in [0, 0.1) is 11.8 Å². The number of ether oxygens (including phenoxy) is 2. The Kier molecular flexibility index (Phi) is 14.8. The molecule has 0 radical (unpaired) electrons. The van der Waals surface area contributed by atoms with Crippen molar-refractivity contribution in [2.45, 2.75) is 47.1 Å². The summed E-state index contributed by atoms with van der Waals surface area (Å²) < 4.78 is 10.6. The van der Waals surface area contributed by atoms with Crippen molar-refractivity contribution in [1.29, 1.82) is 0 Å². The monoisotopic (exact) mass is 349 g/mol. The van der Waals surface area contributed by atoms with Gasteiger partial charge in [-0.1, -0.05) is 44.7 Å². The molecule has 1 N–H and O–H groups in total. The van der Waals surface area contributed by atoms with Crippen molar-refractivity contribution in [3.63, 3.8) is 0 Å². The second-order valence-electron chi connectivity index (χ2n) is 5.36. The molecular formula is C21H35NO3. The molecule has 0 heterocycles. The molecule has 142 valence electrons. The van der Waals surface area contributed by atoms with Gasteiger partial charge in [0.15, 0.2) is 5.78 Å². The predicted molar refractivity (Wildman–Crippen MR) is 106 cm³/mol. The minimum atomic E-state index is 0. The lowest BCUT2D eigenvalue weighted by atomic mass is 10.1. The predicted octanol–water partition coefficient (Wildman–Crippen LogP) is 3.99. The largest absolute Gasteiger partial charge is 0.374 e. The van der Waals surface area contributed by atoms with Crippen molar-refractivity contribution in [1.82, 2.24) is 5.32 Å². The van der Waals surface area contributed by atoms with E-state index in [2.05, 4.69) is 43.1 Å². The van der Waals surface area contributed by atoms with Crippen LogP contribution in [0.5, 0.6) is 0 Å². The van der Waals surface area contributed by atoms with Crippen molar-refractivity contribution >= 4 is 5.78 Å². The molecule has 0 spiro atoms. The fourth-order valence-corrected chi connectivity index (χ4v) is 2.02. The summed E-state index contributed by atoms with van der Waals surface area (Å²) in [5, 5.41) is 3.38. The van der Waals surface area contributed by atoms with Gasteiger partial charge in [0.2, 0.25) is 0 Å². The second-order valence-corrected chi connectivity index (χ2v) is 5.36. The minimum Gasteiger partial charge on any atom is -0.374 e. The summed E-state index contributed by atoms with van der Waals surface area (Å²) in [5.41, 5.74) is 2.25. The molecule has 0 aliphatic rings. The van der Waals surface area contributed by atoms with Crippen molar-refractivity contribution in [2.75, 3.05) is 33.0 Å². The zero-order valence-electron chi connectivity index (χ0n) is 16.4. The highest BCUT2D eigenvalue weighted by Gasteiger charge is 2.01. The fourth-order valence-electron chi connectivity index (χ4n) is 2.02. The van der Waals surface area contributed by atoms with Gasteiger partial charge in [-0.15, -0.1) is 0 Å². The maximum absolute atomic E-state index is 10.7. The fraction of sp³-hybridized carbons (Fsp3) is 0.571. The van der Waals surface area contributed by atoms with E-state index < -0.39 is 0 Å². The van der Waals surface area contributed by atoms with Crippen LogP contribution in [0.3, 0.4) is 0 Å². The molecule has 0 aliphatic carbocycles. The Morgan fingerprint density at radius 3 is 2.44 bits per heavy atom. The summed E-state index contributed by atoms with van der Waals surface area (Å²) in [4.78, 5) is 10.7. The van der Waals surface area contributed by atoms with Gasteiger partial charge in [-0.05, 0) is 44.5 Å². The maximum Gasteiger partial charge on any atom is 0.155 e. The smallest absolute Gasteiger partial charge is 0.155 e. The van der Waals surface area contributed by atoms with Crippen LogP contribution in [0.15, 0.2) is 24.3 Å². The minimum absolute atomic E-state index is 0. The SMILES string of the molecule is CC.CCN[C@@H](C)c1ccc(C#CCOCCCOCC(C)=O)cc1.[HH]. The highest BCUT2D eigenvalue weighted by molar-refractivity contribution is 5.76. The Labute approximate surface area is 154 Å². The highest BCUT2D eigenvalue weighted by Crippen LogP contribution is 2.12. The summed E-state index contributed by atoms with van der Waals surface area (Å²) in [7, 11) is 0. The van der Waals surface area contributed by atoms with E-state index in [1.165, 1.54) is 12.5 Å². The molecule has 0 bridgehead atoms. The lowest BCUT2D eigenvalue weighted by Gasteiger charge is -2.12. The molecule has 0 saturated heterocycles. The summed E-state index contributed by atoms with van der Waals surface area (Å²) in [5.74, 6) is 6.13. The number of hydrogen-bond donors (Lipinski definition) is 1. The van der Waals surface area contributed by atoms with Gasteiger partial charge in [0.05, 0.1) is 6.61 Å². The van der Waals surface area contributed by atoms with E-state index in [4.69, 9.17) is 9.47 Å². The van der Waals surface area contributed by atoms with Gasteiger partial charge in [0.25, 0.3) is 0 Å². The molecule has 0 unspecified atom stereocenters. The Balaban J connectivity index is 0. The maximum atomic E-state index is 10.7. The third-order valence-electron chi connectivity index (χ3n) is 3.21. The van der Waals surface area contributed by atoms with Crippen LogP contribution in [0.1, 0.15) is 59.6 Å². The summed E-state index contributed by atoms with van der Waals surface area (Å²) in [6.45, 7) is 12.4. The molecule has 25 heavy (non-hydrogen) atoms. The van der Waals surface area contributed by atoms with Gasteiger partial charge < -0.3 is 14.8 Å². The van der Waals surface area contributed by atoms with Crippen molar-refractivity contribution in [3.05, 3.63) is 35.4 Å². The topological polar surface area (TPSA) is 47.6 Å². The van der Waals surface area contributed by atoms with E-state index >= 15 is 0 Å². The molecule has 1 rings (SSSR count). The van der Waals surface area contributed by atoms with Crippen LogP contribution in [0.2, 0.25) is 0 Å². The third-order valence-corrected chi connectivity index (χ3v) is 3.21. The van der Waals surface area contributed by atoms with Crippen LogP contribution >= 0.6 is 0 Å². The first-order chi connectivity index (χ1) is 12.1. The van der Waals surface area contributed by atoms with E-state index in [1.54, 1.807) is 0 Å². The van der Waals surface area contributed by atoms with E-state index in [1.807, 2.05) is 26.0 Å². The van der Waals surface area contributed by atoms with Gasteiger partial charge in [0.1, 0.15) is 13.2 Å². The molecule has 0 aliphatic heterocycles. The van der Waals surface area contributed by atoms with Crippen LogP contribution in [0.25, 0.3) is 0 Å². The van der Waals surface area contributed by atoms with Crippen molar-refractivity contribution in [2.24, 2.45) is 0 Å².